The van der Waals surface area contributed by atoms with Crippen molar-refractivity contribution in [2.24, 2.45) is 4.99 Å². The number of aliphatic imine (C=N–C) groups is 1. The first kappa shape index (κ1) is 22.2. The predicted molar refractivity (Wildman–Crippen MR) is 105 cm³/mol. The van der Waals surface area contributed by atoms with E-state index in [4.69, 9.17) is 9.47 Å². The van der Waals surface area contributed by atoms with Gasteiger partial charge in [0.15, 0.2) is 5.96 Å². The number of hydrogen-bond donors (Lipinski definition) is 2. The molecule has 0 aromatic carbocycles. The van der Waals surface area contributed by atoms with Crippen molar-refractivity contribution < 1.29 is 9.47 Å². The molecule has 0 aliphatic carbocycles. The van der Waals surface area contributed by atoms with Crippen LogP contribution in [0.15, 0.2) is 4.99 Å². The van der Waals surface area contributed by atoms with Crippen molar-refractivity contribution in [3.8, 4) is 0 Å². The second-order valence-corrected chi connectivity index (χ2v) is 6.60. The largest absolute Gasteiger partial charge is 0.379 e. The summed E-state index contributed by atoms with van der Waals surface area (Å²) in [4.78, 5) is 6.89. The first-order valence-electron chi connectivity index (χ1n) is 10.2. The van der Waals surface area contributed by atoms with Gasteiger partial charge in [-0.25, -0.2) is 0 Å². The minimum absolute atomic E-state index is 0.658. The Morgan fingerprint density at radius 3 is 2.52 bits per heavy atom. The monoisotopic (exact) mass is 356 g/mol. The molecule has 0 aromatic rings. The number of piperidine rings is 1. The summed E-state index contributed by atoms with van der Waals surface area (Å²) < 4.78 is 11.0. The van der Waals surface area contributed by atoms with Crippen LogP contribution >= 0.6 is 0 Å². The lowest BCUT2D eigenvalue weighted by Crippen LogP contribution is -2.46. The second-order valence-electron chi connectivity index (χ2n) is 6.60. The zero-order valence-corrected chi connectivity index (χ0v) is 16.7. The van der Waals surface area contributed by atoms with Gasteiger partial charge in [0.25, 0.3) is 0 Å². The summed E-state index contributed by atoms with van der Waals surface area (Å²) in [5.74, 6) is 0.854. The van der Waals surface area contributed by atoms with Crippen LogP contribution in [-0.4, -0.2) is 76.6 Å². The van der Waals surface area contributed by atoms with Crippen LogP contribution in [0.3, 0.4) is 0 Å². The van der Waals surface area contributed by atoms with Crippen LogP contribution in [0, 0.1) is 0 Å². The number of unbranched alkanes of at least 4 members (excludes halogenated alkanes) is 1. The maximum atomic E-state index is 5.56. The lowest BCUT2D eigenvalue weighted by molar-refractivity contribution is 0.0487. The molecule has 0 aromatic heterocycles. The molecule has 6 nitrogen and oxygen atoms in total. The van der Waals surface area contributed by atoms with Crippen LogP contribution in [-0.2, 0) is 9.47 Å². The summed E-state index contributed by atoms with van der Waals surface area (Å²) in [5.41, 5.74) is 0. The summed E-state index contributed by atoms with van der Waals surface area (Å²) in [6.07, 6.45) is 7.63. The van der Waals surface area contributed by atoms with Gasteiger partial charge < -0.3 is 20.1 Å². The number of likely N-dealkylation sites (tertiary alicyclic amines) is 1. The Kier molecular flexibility index (Phi) is 13.7. The van der Waals surface area contributed by atoms with Gasteiger partial charge in [-0.1, -0.05) is 26.7 Å². The van der Waals surface area contributed by atoms with Gasteiger partial charge in [0.1, 0.15) is 0 Å². The van der Waals surface area contributed by atoms with Crippen LogP contribution in [0.4, 0.5) is 0 Å². The summed E-state index contributed by atoms with van der Waals surface area (Å²) in [7, 11) is 1.81. The number of nitrogens with zero attached hydrogens (tertiary/aromatic N) is 2. The summed E-state index contributed by atoms with van der Waals surface area (Å²) in [5, 5.41) is 6.70. The van der Waals surface area contributed by atoms with Crippen molar-refractivity contribution in [3.63, 3.8) is 0 Å². The van der Waals surface area contributed by atoms with E-state index in [1.54, 1.807) is 0 Å². The van der Waals surface area contributed by atoms with E-state index in [0.717, 1.165) is 44.7 Å². The highest BCUT2D eigenvalue weighted by Gasteiger charge is 2.19. The summed E-state index contributed by atoms with van der Waals surface area (Å²) in [6.45, 7) is 11.3. The molecule has 0 amide bonds. The minimum atomic E-state index is 0.658. The van der Waals surface area contributed by atoms with Crippen LogP contribution in [0.1, 0.15) is 52.4 Å². The molecule has 6 heteroatoms. The van der Waals surface area contributed by atoms with Crippen molar-refractivity contribution >= 4 is 5.96 Å². The molecule has 0 spiro atoms. The molecular weight excluding hydrogens is 316 g/mol. The molecule has 1 rings (SSSR count). The van der Waals surface area contributed by atoms with Crippen LogP contribution in [0.5, 0.6) is 0 Å². The standard InChI is InChI=1S/C19H40N4O2/c1-4-6-14-24-16-17-25-15-11-22-19(20-3)21-10-13-23-12-8-7-9-18(23)5-2/h18H,4-17H2,1-3H3,(H2,20,21,22). The average Bonchev–Trinajstić information content (AvgIpc) is 2.65. The summed E-state index contributed by atoms with van der Waals surface area (Å²) >= 11 is 0. The second kappa shape index (κ2) is 15.4. The zero-order chi connectivity index (χ0) is 18.2. The fourth-order valence-electron chi connectivity index (χ4n) is 3.17. The molecule has 0 bridgehead atoms. The van der Waals surface area contributed by atoms with Crippen LogP contribution < -0.4 is 10.6 Å². The number of ether oxygens (including phenoxy) is 2. The average molecular weight is 357 g/mol. The third-order valence-corrected chi connectivity index (χ3v) is 4.69. The fourth-order valence-corrected chi connectivity index (χ4v) is 3.17. The fraction of sp³-hybridized carbons (Fsp3) is 0.947. The van der Waals surface area contributed by atoms with Gasteiger partial charge in [-0.2, -0.15) is 0 Å². The highest BCUT2D eigenvalue weighted by atomic mass is 16.5. The topological polar surface area (TPSA) is 58.1 Å². The van der Waals surface area contributed by atoms with Crippen molar-refractivity contribution in [2.45, 2.75) is 58.4 Å². The number of nitrogens with one attached hydrogen (secondary N) is 2. The van der Waals surface area contributed by atoms with Crippen LogP contribution in [0.25, 0.3) is 0 Å². The smallest absolute Gasteiger partial charge is 0.191 e. The third-order valence-electron chi connectivity index (χ3n) is 4.69. The molecule has 25 heavy (non-hydrogen) atoms. The Balaban J connectivity index is 2.01. The van der Waals surface area contributed by atoms with E-state index in [0.29, 0.717) is 19.8 Å². The molecule has 1 atom stereocenters. The van der Waals surface area contributed by atoms with E-state index in [-0.39, 0.29) is 0 Å². The maximum absolute atomic E-state index is 5.56. The molecule has 0 saturated carbocycles. The Bertz CT molecular complexity index is 339. The molecule has 148 valence electrons. The molecule has 1 unspecified atom stereocenters. The highest BCUT2D eigenvalue weighted by molar-refractivity contribution is 5.79. The van der Waals surface area contributed by atoms with Crippen molar-refractivity contribution in [3.05, 3.63) is 0 Å². The lowest BCUT2D eigenvalue weighted by Gasteiger charge is -2.35. The van der Waals surface area contributed by atoms with E-state index < -0.39 is 0 Å². The number of hydrogen-bond acceptors (Lipinski definition) is 4. The van der Waals surface area contributed by atoms with Crippen molar-refractivity contribution in [2.75, 3.05) is 59.7 Å². The molecule has 2 N–H and O–H groups in total. The predicted octanol–water partition coefficient (Wildman–Crippen LogP) is 2.25. The van der Waals surface area contributed by atoms with Crippen LogP contribution in [0.2, 0.25) is 0 Å². The van der Waals surface area contributed by atoms with E-state index >= 15 is 0 Å². The Hall–Kier alpha value is -0.850. The molecule has 1 saturated heterocycles. The number of rotatable bonds is 13. The van der Waals surface area contributed by atoms with E-state index in [9.17, 15) is 0 Å². The van der Waals surface area contributed by atoms with E-state index in [1.165, 1.54) is 38.6 Å². The first-order chi connectivity index (χ1) is 12.3. The quantitative estimate of drug-likeness (QED) is 0.301. The minimum Gasteiger partial charge on any atom is -0.379 e. The maximum Gasteiger partial charge on any atom is 0.191 e. The van der Waals surface area contributed by atoms with E-state index in [2.05, 4.69) is 34.4 Å². The molecule has 1 aliphatic heterocycles. The Morgan fingerprint density at radius 1 is 1.04 bits per heavy atom. The normalized spacial score (nSPS) is 19.2. The Labute approximate surface area is 154 Å². The Morgan fingerprint density at radius 2 is 1.80 bits per heavy atom. The number of guanidine groups is 1. The van der Waals surface area contributed by atoms with Gasteiger partial charge in [-0.15, -0.1) is 0 Å². The third kappa shape index (κ3) is 10.7. The van der Waals surface area contributed by atoms with Crippen molar-refractivity contribution in [1.29, 1.82) is 0 Å². The van der Waals surface area contributed by atoms with Gasteiger partial charge in [0.05, 0.1) is 19.8 Å². The van der Waals surface area contributed by atoms with Gasteiger partial charge >= 0.3 is 0 Å². The molecular formula is C19H40N4O2. The van der Waals surface area contributed by atoms with Gasteiger partial charge in [0.2, 0.25) is 0 Å². The first-order valence-corrected chi connectivity index (χ1v) is 10.2. The highest BCUT2D eigenvalue weighted by Crippen LogP contribution is 2.18. The lowest BCUT2D eigenvalue weighted by atomic mass is 10.0. The molecule has 1 fully saturated rings. The molecule has 1 heterocycles. The summed E-state index contributed by atoms with van der Waals surface area (Å²) in [6, 6.07) is 0.762. The molecule has 0 radical (unpaired) electrons. The SMILES string of the molecule is CCCCOCCOCCNC(=NC)NCCN1CCCCC1CC. The molecule has 1 aliphatic rings. The van der Waals surface area contributed by atoms with Crippen molar-refractivity contribution in [1.82, 2.24) is 15.5 Å². The van der Waals surface area contributed by atoms with E-state index in [1.807, 2.05) is 7.05 Å². The zero-order valence-electron chi connectivity index (χ0n) is 16.7. The van der Waals surface area contributed by atoms with Gasteiger partial charge in [0, 0.05) is 39.3 Å². The van der Waals surface area contributed by atoms with Gasteiger partial charge in [-0.3, -0.25) is 9.89 Å². The van der Waals surface area contributed by atoms with Gasteiger partial charge in [-0.05, 0) is 32.2 Å².